The summed E-state index contributed by atoms with van der Waals surface area (Å²) in [5, 5.41) is 12.5. The normalized spacial score (nSPS) is 11.6. The fourth-order valence-electron chi connectivity index (χ4n) is 1.65. The second kappa shape index (κ2) is 4.89. The molecule has 2 rings (SSSR count). The van der Waals surface area contributed by atoms with Gasteiger partial charge in [-0.05, 0) is 26.8 Å². The first-order valence-corrected chi connectivity index (χ1v) is 5.87. The van der Waals surface area contributed by atoms with Crippen LogP contribution in [0.25, 0.3) is 11.0 Å². The topological polar surface area (TPSA) is 84.6 Å². The van der Waals surface area contributed by atoms with Crippen LogP contribution in [0.1, 0.15) is 26.5 Å². The summed E-state index contributed by atoms with van der Waals surface area (Å²) < 4.78 is 10.6. The maximum atomic E-state index is 11.8. The van der Waals surface area contributed by atoms with Crippen molar-refractivity contribution in [3.63, 3.8) is 0 Å². The summed E-state index contributed by atoms with van der Waals surface area (Å²) in [7, 11) is 0. The van der Waals surface area contributed by atoms with Gasteiger partial charge in [-0.25, -0.2) is 4.79 Å². The van der Waals surface area contributed by atoms with Crippen molar-refractivity contribution in [1.82, 2.24) is 4.98 Å². The van der Waals surface area contributed by atoms with E-state index in [1.54, 1.807) is 39.2 Å². The van der Waals surface area contributed by atoms with E-state index in [0.29, 0.717) is 16.7 Å². The summed E-state index contributed by atoms with van der Waals surface area (Å²) in [5.41, 5.74) is 0.339. The van der Waals surface area contributed by atoms with Crippen molar-refractivity contribution < 1.29 is 19.1 Å². The molecule has 2 aromatic rings. The number of hydrogen-bond acceptors (Lipinski definition) is 5. The molecule has 0 aromatic carbocycles. The van der Waals surface area contributed by atoms with Gasteiger partial charge < -0.3 is 14.3 Å². The zero-order valence-corrected chi connectivity index (χ0v) is 11.1. The number of fused-ring (bicyclic) bond motifs is 1. The lowest BCUT2D eigenvalue weighted by atomic mass is 10.2. The minimum absolute atomic E-state index is 0.272. The third-order valence-electron chi connectivity index (χ3n) is 2.33. The Morgan fingerprint density at radius 1 is 1.53 bits per heavy atom. The second-order valence-corrected chi connectivity index (χ2v) is 5.06. The molecule has 1 amide bonds. The number of pyridine rings is 1. The van der Waals surface area contributed by atoms with Crippen molar-refractivity contribution in [2.75, 3.05) is 5.32 Å². The second-order valence-electron chi connectivity index (χ2n) is 5.06. The lowest BCUT2D eigenvalue weighted by Gasteiger charge is -2.19. The van der Waals surface area contributed by atoms with Gasteiger partial charge in [0.15, 0.2) is 5.76 Å². The number of anilines is 1. The van der Waals surface area contributed by atoms with E-state index < -0.39 is 11.7 Å². The van der Waals surface area contributed by atoms with Gasteiger partial charge in [0.2, 0.25) is 0 Å². The molecule has 2 aromatic heterocycles. The lowest BCUT2D eigenvalue weighted by molar-refractivity contribution is 0.0635. The van der Waals surface area contributed by atoms with Crippen molar-refractivity contribution in [3.05, 3.63) is 24.2 Å². The molecule has 0 bridgehead atoms. The lowest BCUT2D eigenvalue weighted by Crippen LogP contribution is -2.27. The van der Waals surface area contributed by atoms with Crippen LogP contribution in [0, 0.1) is 0 Å². The fourth-order valence-corrected chi connectivity index (χ4v) is 1.65. The van der Waals surface area contributed by atoms with Gasteiger partial charge >= 0.3 is 6.09 Å². The Morgan fingerprint density at radius 2 is 2.26 bits per heavy atom. The SMILES string of the molecule is CC(C)(C)OC(=O)Nc1c(CO)oc2ccncc12. The molecular formula is C13H16N2O4. The van der Waals surface area contributed by atoms with Crippen molar-refractivity contribution >= 4 is 22.7 Å². The number of carbonyl (C=O) groups is 1. The van der Waals surface area contributed by atoms with E-state index in [2.05, 4.69) is 10.3 Å². The minimum atomic E-state index is -0.603. The molecule has 0 fully saturated rings. The highest BCUT2D eigenvalue weighted by atomic mass is 16.6. The van der Waals surface area contributed by atoms with E-state index in [0.717, 1.165) is 0 Å². The highest BCUT2D eigenvalue weighted by Crippen LogP contribution is 2.30. The number of furan rings is 1. The zero-order valence-electron chi connectivity index (χ0n) is 11.1. The van der Waals surface area contributed by atoms with E-state index in [-0.39, 0.29) is 12.4 Å². The molecule has 6 nitrogen and oxygen atoms in total. The van der Waals surface area contributed by atoms with Crippen molar-refractivity contribution in [2.45, 2.75) is 33.0 Å². The first-order chi connectivity index (χ1) is 8.90. The first-order valence-electron chi connectivity index (χ1n) is 5.87. The van der Waals surface area contributed by atoms with Crippen molar-refractivity contribution in [2.24, 2.45) is 0 Å². The molecule has 2 N–H and O–H groups in total. The van der Waals surface area contributed by atoms with E-state index in [1.165, 1.54) is 0 Å². The van der Waals surface area contributed by atoms with Crippen LogP contribution in [0.3, 0.4) is 0 Å². The van der Waals surface area contributed by atoms with Gasteiger partial charge in [-0.15, -0.1) is 0 Å². The third kappa shape index (κ3) is 3.03. The van der Waals surface area contributed by atoms with E-state index in [4.69, 9.17) is 9.15 Å². The number of rotatable bonds is 2. The van der Waals surface area contributed by atoms with Crippen LogP contribution in [0.2, 0.25) is 0 Å². The van der Waals surface area contributed by atoms with Crippen molar-refractivity contribution in [3.8, 4) is 0 Å². The van der Waals surface area contributed by atoms with Gasteiger partial charge in [0.25, 0.3) is 0 Å². The Hall–Kier alpha value is -2.08. The number of ether oxygens (including phenoxy) is 1. The first kappa shape index (κ1) is 13.4. The van der Waals surface area contributed by atoms with Gasteiger partial charge in [0.1, 0.15) is 17.8 Å². The van der Waals surface area contributed by atoms with Crippen molar-refractivity contribution in [1.29, 1.82) is 0 Å². The molecule has 102 valence electrons. The van der Waals surface area contributed by atoms with Crippen LogP contribution in [0.15, 0.2) is 22.9 Å². The molecule has 0 aliphatic heterocycles. The Balaban J connectivity index is 2.31. The van der Waals surface area contributed by atoms with Crippen LogP contribution in [0.5, 0.6) is 0 Å². The Kier molecular flexibility index (Phi) is 3.44. The highest BCUT2D eigenvalue weighted by molar-refractivity contribution is 5.99. The standard InChI is InChI=1S/C13H16N2O4/c1-13(2,3)19-12(17)15-11-8-6-14-5-4-9(8)18-10(11)7-16/h4-6,16H,7H2,1-3H3,(H,15,17). The van der Waals surface area contributed by atoms with Crippen LogP contribution >= 0.6 is 0 Å². The zero-order chi connectivity index (χ0) is 14.0. The molecule has 0 aliphatic carbocycles. The molecule has 19 heavy (non-hydrogen) atoms. The number of aliphatic hydroxyl groups excluding tert-OH is 1. The summed E-state index contributed by atoms with van der Waals surface area (Å²) in [5.74, 6) is 0.272. The monoisotopic (exact) mass is 264 g/mol. The predicted molar refractivity (Wildman–Crippen MR) is 69.8 cm³/mol. The fraction of sp³-hybridized carbons (Fsp3) is 0.385. The number of amides is 1. The third-order valence-corrected chi connectivity index (χ3v) is 2.33. The van der Waals surface area contributed by atoms with Gasteiger partial charge in [0.05, 0.1) is 11.1 Å². The number of nitrogens with one attached hydrogen (secondary N) is 1. The van der Waals surface area contributed by atoms with Gasteiger partial charge in [-0.1, -0.05) is 0 Å². The van der Waals surface area contributed by atoms with Gasteiger partial charge in [-0.3, -0.25) is 10.3 Å². The Bertz CT molecular complexity index is 598. The summed E-state index contributed by atoms with van der Waals surface area (Å²) in [6, 6.07) is 1.66. The molecule has 0 aliphatic rings. The molecular weight excluding hydrogens is 248 g/mol. The average Bonchev–Trinajstić information content (AvgIpc) is 2.65. The summed E-state index contributed by atoms with van der Waals surface area (Å²) in [6.07, 6.45) is 2.53. The van der Waals surface area contributed by atoms with Crippen LogP contribution in [0.4, 0.5) is 10.5 Å². The quantitative estimate of drug-likeness (QED) is 0.871. The Labute approximate surface area is 110 Å². The molecule has 2 heterocycles. The molecule has 0 saturated heterocycles. The van der Waals surface area contributed by atoms with E-state index in [9.17, 15) is 9.90 Å². The number of carbonyl (C=O) groups excluding carboxylic acids is 1. The predicted octanol–water partition coefficient (Wildman–Crippen LogP) is 2.67. The van der Waals surface area contributed by atoms with Gasteiger partial charge in [-0.2, -0.15) is 0 Å². The molecule has 6 heteroatoms. The number of aromatic nitrogens is 1. The smallest absolute Gasteiger partial charge is 0.412 e. The molecule has 0 radical (unpaired) electrons. The largest absolute Gasteiger partial charge is 0.456 e. The summed E-state index contributed by atoms with van der Waals surface area (Å²) >= 11 is 0. The Morgan fingerprint density at radius 3 is 2.89 bits per heavy atom. The number of aliphatic hydroxyl groups is 1. The summed E-state index contributed by atoms with van der Waals surface area (Å²) in [6.45, 7) is 5.00. The average molecular weight is 264 g/mol. The highest BCUT2D eigenvalue weighted by Gasteiger charge is 2.20. The maximum Gasteiger partial charge on any atom is 0.412 e. The molecule has 0 spiro atoms. The van der Waals surface area contributed by atoms with Crippen LogP contribution in [-0.4, -0.2) is 21.8 Å². The molecule has 0 atom stereocenters. The van der Waals surface area contributed by atoms with Gasteiger partial charge in [0, 0.05) is 12.4 Å². The van der Waals surface area contributed by atoms with Crippen LogP contribution in [-0.2, 0) is 11.3 Å². The molecule has 0 unspecified atom stereocenters. The number of hydrogen-bond donors (Lipinski definition) is 2. The number of nitrogens with zero attached hydrogens (tertiary/aromatic N) is 1. The summed E-state index contributed by atoms with van der Waals surface area (Å²) in [4.78, 5) is 15.7. The molecule has 0 saturated carbocycles. The maximum absolute atomic E-state index is 11.8. The van der Waals surface area contributed by atoms with E-state index >= 15 is 0 Å². The van der Waals surface area contributed by atoms with Crippen LogP contribution < -0.4 is 5.32 Å². The van der Waals surface area contributed by atoms with E-state index in [1.807, 2.05) is 0 Å². The minimum Gasteiger partial charge on any atom is -0.456 e.